The minimum Gasteiger partial charge on any atom is -0.486 e. The molecule has 0 aliphatic carbocycles. The number of nitrogens with one attached hydrogen (secondary N) is 1. The Hall–Kier alpha value is -0.740. The average molecular weight is 286 g/mol. The van der Waals surface area contributed by atoms with Gasteiger partial charge in [0.2, 0.25) is 0 Å². The molecule has 1 aromatic rings. The maximum Gasteiger partial charge on any atom is 0.163 e. The number of rotatable bonds is 2. The van der Waals surface area contributed by atoms with E-state index in [0.717, 1.165) is 17.2 Å². The van der Waals surface area contributed by atoms with Crippen LogP contribution in [0.5, 0.6) is 11.5 Å². The van der Waals surface area contributed by atoms with Crippen LogP contribution < -0.4 is 14.8 Å². The van der Waals surface area contributed by atoms with Crippen LogP contribution in [0.3, 0.4) is 0 Å². The highest BCUT2D eigenvalue weighted by atomic mass is 35.5. The lowest BCUT2D eigenvalue weighted by Gasteiger charge is -2.23. The minimum atomic E-state index is 0.482. The van der Waals surface area contributed by atoms with E-state index in [1.165, 1.54) is 12.2 Å². The molecule has 0 amide bonds. The summed E-state index contributed by atoms with van der Waals surface area (Å²) < 4.78 is 11.1. The van der Waals surface area contributed by atoms with Gasteiger partial charge in [-0.3, -0.25) is 0 Å². The Bertz CT molecular complexity index is 455. The first-order valence-corrected chi connectivity index (χ1v) is 7.64. The quantitative estimate of drug-likeness (QED) is 0.902. The fraction of sp³-hybridized carbons (Fsp3) is 0.538. The van der Waals surface area contributed by atoms with Crippen LogP contribution in [0.1, 0.15) is 13.3 Å². The summed E-state index contributed by atoms with van der Waals surface area (Å²) >= 11 is 8.28. The van der Waals surface area contributed by atoms with Gasteiger partial charge in [-0.25, -0.2) is 0 Å². The van der Waals surface area contributed by atoms with Crippen LogP contribution in [0, 0.1) is 0 Å². The minimum absolute atomic E-state index is 0.482. The van der Waals surface area contributed by atoms with Gasteiger partial charge >= 0.3 is 0 Å². The SMILES string of the molecule is CC1SCCC1Nc1cc2c(cc1Cl)OCCO2. The molecule has 0 radical (unpaired) electrons. The van der Waals surface area contributed by atoms with Gasteiger partial charge in [0.15, 0.2) is 11.5 Å². The molecule has 5 heteroatoms. The Kier molecular flexibility index (Phi) is 3.48. The lowest BCUT2D eigenvalue weighted by atomic mass is 10.1. The molecule has 2 aliphatic heterocycles. The number of hydrogen-bond donors (Lipinski definition) is 1. The first-order valence-electron chi connectivity index (χ1n) is 6.21. The van der Waals surface area contributed by atoms with E-state index in [0.29, 0.717) is 29.5 Å². The Labute approximate surface area is 116 Å². The van der Waals surface area contributed by atoms with E-state index in [-0.39, 0.29) is 0 Å². The van der Waals surface area contributed by atoms with E-state index in [9.17, 15) is 0 Å². The molecule has 18 heavy (non-hydrogen) atoms. The molecule has 0 saturated carbocycles. The third kappa shape index (κ3) is 2.36. The van der Waals surface area contributed by atoms with Crippen LogP contribution in [-0.2, 0) is 0 Å². The standard InChI is InChI=1S/C13H16ClNO2S/c1-8-10(2-5-18-8)15-11-7-13-12(6-9(11)14)16-3-4-17-13/h6-8,10,15H,2-5H2,1H3. The number of thioether (sulfide) groups is 1. The highest BCUT2D eigenvalue weighted by Crippen LogP contribution is 2.39. The third-order valence-corrected chi connectivity index (χ3v) is 4.99. The van der Waals surface area contributed by atoms with Crippen molar-refractivity contribution in [1.82, 2.24) is 0 Å². The second-order valence-corrected chi connectivity index (χ2v) is 6.48. The molecular weight excluding hydrogens is 270 g/mol. The predicted octanol–water partition coefficient (Wildman–Crippen LogP) is 3.42. The predicted molar refractivity (Wildman–Crippen MR) is 76.4 cm³/mol. The molecule has 2 heterocycles. The van der Waals surface area contributed by atoms with Gasteiger partial charge in [-0.1, -0.05) is 18.5 Å². The molecule has 2 unspecified atom stereocenters. The van der Waals surface area contributed by atoms with Gasteiger partial charge in [0.25, 0.3) is 0 Å². The van der Waals surface area contributed by atoms with Crippen molar-refractivity contribution in [2.24, 2.45) is 0 Å². The Balaban J connectivity index is 1.83. The number of fused-ring (bicyclic) bond motifs is 1. The molecular formula is C13H16ClNO2S. The van der Waals surface area contributed by atoms with Gasteiger partial charge in [0, 0.05) is 23.4 Å². The highest BCUT2D eigenvalue weighted by molar-refractivity contribution is 8.00. The molecule has 0 aromatic heterocycles. The summed E-state index contributed by atoms with van der Waals surface area (Å²) in [6, 6.07) is 4.27. The average Bonchev–Trinajstić information content (AvgIpc) is 2.76. The summed E-state index contributed by atoms with van der Waals surface area (Å²) in [6.45, 7) is 3.44. The van der Waals surface area contributed by atoms with E-state index in [4.69, 9.17) is 21.1 Å². The summed E-state index contributed by atoms with van der Waals surface area (Å²) in [7, 11) is 0. The molecule has 3 rings (SSSR count). The number of benzene rings is 1. The van der Waals surface area contributed by atoms with E-state index < -0.39 is 0 Å². The Morgan fingerprint density at radius 3 is 2.67 bits per heavy atom. The zero-order valence-electron chi connectivity index (χ0n) is 10.2. The van der Waals surface area contributed by atoms with Crippen molar-refractivity contribution < 1.29 is 9.47 Å². The lowest BCUT2D eigenvalue weighted by molar-refractivity contribution is 0.171. The van der Waals surface area contributed by atoms with Gasteiger partial charge < -0.3 is 14.8 Å². The maximum absolute atomic E-state index is 6.28. The van der Waals surface area contributed by atoms with Gasteiger partial charge in [0.1, 0.15) is 13.2 Å². The summed E-state index contributed by atoms with van der Waals surface area (Å²) in [4.78, 5) is 0. The maximum atomic E-state index is 6.28. The fourth-order valence-electron chi connectivity index (χ4n) is 2.30. The molecule has 1 N–H and O–H groups in total. The summed E-state index contributed by atoms with van der Waals surface area (Å²) in [5, 5.41) is 4.84. The van der Waals surface area contributed by atoms with Gasteiger partial charge in [-0.2, -0.15) is 11.8 Å². The van der Waals surface area contributed by atoms with Crippen LogP contribution >= 0.6 is 23.4 Å². The molecule has 98 valence electrons. The Morgan fingerprint density at radius 2 is 2.00 bits per heavy atom. The first kappa shape index (κ1) is 12.3. The number of hydrogen-bond acceptors (Lipinski definition) is 4. The summed E-state index contributed by atoms with van der Waals surface area (Å²) in [5.74, 6) is 2.73. The zero-order valence-corrected chi connectivity index (χ0v) is 11.8. The summed E-state index contributed by atoms with van der Waals surface area (Å²) in [6.07, 6.45) is 1.18. The van der Waals surface area contributed by atoms with Crippen LogP contribution in [-0.4, -0.2) is 30.3 Å². The number of halogens is 1. The number of ether oxygens (including phenoxy) is 2. The van der Waals surface area contributed by atoms with E-state index >= 15 is 0 Å². The van der Waals surface area contributed by atoms with Crippen LogP contribution in [0.15, 0.2) is 12.1 Å². The van der Waals surface area contributed by atoms with Crippen molar-refractivity contribution in [3.05, 3.63) is 17.2 Å². The van der Waals surface area contributed by atoms with Crippen molar-refractivity contribution in [1.29, 1.82) is 0 Å². The van der Waals surface area contributed by atoms with Crippen molar-refractivity contribution in [2.75, 3.05) is 24.3 Å². The first-order chi connectivity index (χ1) is 8.74. The lowest BCUT2D eigenvalue weighted by Crippen LogP contribution is -2.25. The van der Waals surface area contributed by atoms with Crippen LogP contribution in [0.4, 0.5) is 5.69 Å². The monoisotopic (exact) mass is 285 g/mol. The molecule has 2 aliphatic rings. The van der Waals surface area contributed by atoms with Crippen LogP contribution in [0.2, 0.25) is 5.02 Å². The van der Waals surface area contributed by atoms with E-state index in [1.807, 2.05) is 23.9 Å². The van der Waals surface area contributed by atoms with Crippen molar-refractivity contribution in [3.8, 4) is 11.5 Å². The van der Waals surface area contributed by atoms with Crippen molar-refractivity contribution in [2.45, 2.75) is 24.6 Å². The molecule has 1 saturated heterocycles. The largest absolute Gasteiger partial charge is 0.486 e. The molecule has 1 aromatic carbocycles. The molecule has 3 nitrogen and oxygen atoms in total. The fourth-order valence-corrected chi connectivity index (χ4v) is 3.70. The third-order valence-electron chi connectivity index (χ3n) is 3.35. The Morgan fingerprint density at radius 1 is 1.28 bits per heavy atom. The van der Waals surface area contributed by atoms with Crippen molar-refractivity contribution >= 4 is 29.1 Å². The summed E-state index contributed by atoms with van der Waals surface area (Å²) in [5.41, 5.74) is 0.945. The smallest absolute Gasteiger partial charge is 0.163 e. The van der Waals surface area contributed by atoms with Gasteiger partial charge in [-0.15, -0.1) is 0 Å². The topological polar surface area (TPSA) is 30.5 Å². The van der Waals surface area contributed by atoms with Gasteiger partial charge in [0.05, 0.1) is 10.7 Å². The van der Waals surface area contributed by atoms with Crippen LogP contribution in [0.25, 0.3) is 0 Å². The van der Waals surface area contributed by atoms with E-state index in [2.05, 4.69) is 12.2 Å². The highest BCUT2D eigenvalue weighted by Gasteiger charge is 2.25. The molecule has 1 fully saturated rings. The van der Waals surface area contributed by atoms with Gasteiger partial charge in [-0.05, 0) is 12.2 Å². The zero-order chi connectivity index (χ0) is 12.5. The normalized spacial score (nSPS) is 26.1. The van der Waals surface area contributed by atoms with Crippen molar-refractivity contribution in [3.63, 3.8) is 0 Å². The molecule has 0 spiro atoms. The molecule has 0 bridgehead atoms. The number of anilines is 1. The second kappa shape index (κ2) is 5.10. The second-order valence-electron chi connectivity index (χ2n) is 4.59. The van der Waals surface area contributed by atoms with E-state index in [1.54, 1.807) is 0 Å². The molecule has 2 atom stereocenters.